The molecule has 1 heterocycles. The summed E-state index contributed by atoms with van der Waals surface area (Å²) < 4.78 is 0. The van der Waals surface area contributed by atoms with Crippen LogP contribution in [0.2, 0.25) is 0 Å². The molecule has 2 unspecified atom stereocenters. The van der Waals surface area contributed by atoms with Crippen molar-refractivity contribution >= 4 is 23.6 Å². The molecule has 0 saturated carbocycles. The summed E-state index contributed by atoms with van der Waals surface area (Å²) in [6, 6.07) is -0.311. The first-order valence-corrected chi connectivity index (χ1v) is 7.98. The molecule has 1 aliphatic rings. The lowest BCUT2D eigenvalue weighted by atomic mass is 10.1. The highest BCUT2D eigenvalue weighted by Crippen LogP contribution is 2.13. The van der Waals surface area contributed by atoms with Crippen LogP contribution in [-0.4, -0.2) is 47.4 Å². The van der Waals surface area contributed by atoms with Gasteiger partial charge in [-0.1, -0.05) is 20.3 Å². The molecule has 1 rings (SSSR count). The van der Waals surface area contributed by atoms with E-state index in [4.69, 9.17) is 0 Å². The summed E-state index contributed by atoms with van der Waals surface area (Å²) in [6.45, 7) is 5.52. The van der Waals surface area contributed by atoms with E-state index in [1.165, 1.54) is 0 Å². The van der Waals surface area contributed by atoms with E-state index in [1.54, 1.807) is 0 Å². The molecule has 0 bridgehead atoms. The lowest BCUT2D eigenvalue weighted by Gasteiger charge is -2.24. The minimum atomic E-state index is -0.311. The number of hydrogen-bond acceptors (Lipinski definition) is 3. The highest BCUT2D eigenvalue weighted by atomic mass is 32.2. The van der Waals surface area contributed by atoms with Crippen molar-refractivity contribution in [1.82, 2.24) is 10.2 Å². The largest absolute Gasteiger partial charge is 0.344 e. The molecule has 2 amide bonds. The van der Waals surface area contributed by atoms with Crippen LogP contribution in [0.3, 0.4) is 0 Å². The van der Waals surface area contributed by atoms with Gasteiger partial charge < -0.3 is 10.2 Å². The zero-order valence-electron chi connectivity index (χ0n) is 11.6. The van der Waals surface area contributed by atoms with E-state index < -0.39 is 0 Å². The minimum Gasteiger partial charge on any atom is -0.344 e. The minimum absolute atomic E-state index is 0.00205. The van der Waals surface area contributed by atoms with Crippen molar-refractivity contribution in [2.24, 2.45) is 0 Å². The summed E-state index contributed by atoms with van der Waals surface area (Å²) in [4.78, 5) is 25.7. The van der Waals surface area contributed by atoms with Gasteiger partial charge in [0.1, 0.15) is 6.04 Å². The fourth-order valence-electron chi connectivity index (χ4n) is 2.06. The fraction of sp³-hybridized carbons (Fsp3) is 0.846. The number of carbonyl (C=O) groups excluding carboxylic acids is 2. The maximum Gasteiger partial charge on any atom is 0.245 e. The number of hydrogen-bond donors (Lipinski definition) is 1. The Labute approximate surface area is 114 Å². The number of carbonyl (C=O) groups is 2. The van der Waals surface area contributed by atoms with Crippen molar-refractivity contribution < 1.29 is 9.59 Å². The van der Waals surface area contributed by atoms with Gasteiger partial charge in [-0.3, -0.25) is 9.59 Å². The molecule has 0 aliphatic carbocycles. The molecule has 1 fully saturated rings. The quantitative estimate of drug-likeness (QED) is 0.800. The second-order valence-electron chi connectivity index (χ2n) is 4.82. The van der Waals surface area contributed by atoms with E-state index in [0.717, 1.165) is 25.8 Å². The first-order chi connectivity index (χ1) is 8.58. The third-order valence-electron chi connectivity index (χ3n) is 3.34. The summed E-state index contributed by atoms with van der Waals surface area (Å²) in [5.41, 5.74) is 0. The van der Waals surface area contributed by atoms with Gasteiger partial charge in [-0.25, -0.2) is 0 Å². The molecule has 104 valence electrons. The SMILES string of the molecule is CCCC1NC(=O)CCN(CCC(C)SC)C1=O. The average molecular weight is 272 g/mol. The average Bonchev–Trinajstić information content (AvgIpc) is 2.48. The number of rotatable bonds is 6. The molecule has 1 aliphatic heterocycles. The Morgan fingerprint density at radius 2 is 2.22 bits per heavy atom. The monoisotopic (exact) mass is 272 g/mol. The van der Waals surface area contributed by atoms with Gasteiger partial charge >= 0.3 is 0 Å². The van der Waals surface area contributed by atoms with Crippen molar-refractivity contribution in [3.05, 3.63) is 0 Å². The van der Waals surface area contributed by atoms with Crippen LogP contribution in [0.1, 0.15) is 39.5 Å². The molecular formula is C13H24N2O2S. The summed E-state index contributed by atoms with van der Waals surface area (Å²) in [5.74, 6) is 0.0956. The van der Waals surface area contributed by atoms with E-state index in [2.05, 4.69) is 18.5 Å². The summed E-state index contributed by atoms with van der Waals surface area (Å²) in [7, 11) is 0. The topological polar surface area (TPSA) is 49.4 Å². The molecule has 0 aromatic rings. The normalized spacial score (nSPS) is 22.6. The van der Waals surface area contributed by atoms with Crippen LogP contribution in [-0.2, 0) is 9.59 Å². The van der Waals surface area contributed by atoms with Gasteiger partial charge in [0.2, 0.25) is 11.8 Å². The predicted octanol–water partition coefficient (Wildman–Crippen LogP) is 1.65. The molecule has 4 nitrogen and oxygen atoms in total. The Kier molecular flexibility index (Phi) is 6.54. The summed E-state index contributed by atoms with van der Waals surface area (Å²) in [5, 5.41) is 3.38. The van der Waals surface area contributed by atoms with Crippen LogP contribution >= 0.6 is 11.8 Å². The maximum absolute atomic E-state index is 12.3. The molecule has 18 heavy (non-hydrogen) atoms. The maximum atomic E-state index is 12.3. The van der Waals surface area contributed by atoms with Crippen LogP contribution in [0.5, 0.6) is 0 Å². The second-order valence-corrected chi connectivity index (χ2v) is 6.10. The highest BCUT2D eigenvalue weighted by molar-refractivity contribution is 7.99. The van der Waals surface area contributed by atoms with Gasteiger partial charge in [0.05, 0.1) is 0 Å². The Hall–Kier alpha value is -0.710. The van der Waals surface area contributed by atoms with Crippen LogP contribution in [0.4, 0.5) is 0 Å². The first-order valence-electron chi connectivity index (χ1n) is 6.69. The van der Waals surface area contributed by atoms with Crippen LogP contribution in [0.25, 0.3) is 0 Å². The Morgan fingerprint density at radius 3 is 2.83 bits per heavy atom. The zero-order chi connectivity index (χ0) is 13.5. The molecule has 0 spiro atoms. The Morgan fingerprint density at radius 1 is 1.50 bits per heavy atom. The predicted molar refractivity (Wildman–Crippen MR) is 75.6 cm³/mol. The van der Waals surface area contributed by atoms with Crippen LogP contribution in [0, 0.1) is 0 Å². The zero-order valence-corrected chi connectivity index (χ0v) is 12.4. The van der Waals surface area contributed by atoms with Gasteiger partial charge in [-0.15, -0.1) is 0 Å². The smallest absolute Gasteiger partial charge is 0.245 e. The van der Waals surface area contributed by atoms with E-state index in [-0.39, 0.29) is 17.9 Å². The fourth-order valence-corrected chi connectivity index (χ4v) is 2.40. The molecular weight excluding hydrogens is 248 g/mol. The van der Waals surface area contributed by atoms with E-state index >= 15 is 0 Å². The molecule has 0 radical (unpaired) electrons. The molecule has 2 atom stereocenters. The van der Waals surface area contributed by atoms with Gasteiger partial charge in [-0.05, 0) is 19.1 Å². The third kappa shape index (κ3) is 4.52. The van der Waals surface area contributed by atoms with Crippen LogP contribution in [0.15, 0.2) is 0 Å². The third-order valence-corrected chi connectivity index (χ3v) is 4.38. The highest BCUT2D eigenvalue weighted by Gasteiger charge is 2.28. The lowest BCUT2D eigenvalue weighted by Crippen LogP contribution is -2.45. The van der Waals surface area contributed by atoms with Crippen molar-refractivity contribution in [3.8, 4) is 0 Å². The van der Waals surface area contributed by atoms with Crippen LogP contribution < -0.4 is 5.32 Å². The Balaban J connectivity index is 2.59. The van der Waals surface area contributed by atoms with E-state index in [1.807, 2.05) is 23.6 Å². The summed E-state index contributed by atoms with van der Waals surface area (Å²) in [6.07, 6.45) is 5.14. The number of amides is 2. The number of nitrogens with zero attached hydrogens (tertiary/aromatic N) is 1. The Bertz CT molecular complexity index is 297. The molecule has 5 heteroatoms. The lowest BCUT2D eigenvalue weighted by molar-refractivity contribution is -0.133. The summed E-state index contributed by atoms with van der Waals surface area (Å²) >= 11 is 1.81. The molecule has 1 saturated heterocycles. The molecule has 0 aromatic carbocycles. The van der Waals surface area contributed by atoms with Gasteiger partial charge in [-0.2, -0.15) is 11.8 Å². The van der Waals surface area contributed by atoms with Gasteiger partial charge in [0, 0.05) is 24.8 Å². The standard InChI is InChI=1S/C13H24N2O2S/c1-4-5-11-13(17)15(8-6-10(2)18-3)9-7-12(16)14-11/h10-11H,4-9H2,1-3H3,(H,14,16). The molecule has 1 N–H and O–H groups in total. The van der Waals surface area contributed by atoms with Crippen molar-refractivity contribution in [1.29, 1.82) is 0 Å². The van der Waals surface area contributed by atoms with Gasteiger partial charge in [0.25, 0.3) is 0 Å². The van der Waals surface area contributed by atoms with Crippen molar-refractivity contribution in [3.63, 3.8) is 0 Å². The number of nitrogens with one attached hydrogen (secondary N) is 1. The van der Waals surface area contributed by atoms with Gasteiger partial charge in [0.15, 0.2) is 0 Å². The van der Waals surface area contributed by atoms with E-state index in [0.29, 0.717) is 18.2 Å². The molecule has 0 aromatic heterocycles. The van der Waals surface area contributed by atoms with Crippen molar-refractivity contribution in [2.75, 3.05) is 19.3 Å². The first kappa shape index (κ1) is 15.3. The van der Waals surface area contributed by atoms with Crippen molar-refractivity contribution in [2.45, 2.75) is 50.8 Å². The van der Waals surface area contributed by atoms with E-state index in [9.17, 15) is 9.59 Å². The second kappa shape index (κ2) is 7.67. The number of thioether (sulfide) groups is 1.